The van der Waals surface area contributed by atoms with Crippen LogP contribution < -0.4 is 15.4 Å². The molecule has 4 rings (SSSR count). The van der Waals surface area contributed by atoms with Gasteiger partial charge in [0.2, 0.25) is 5.78 Å². The lowest BCUT2D eigenvalue weighted by atomic mass is 10.1. The second kappa shape index (κ2) is 9.21. The number of halogens is 1. The summed E-state index contributed by atoms with van der Waals surface area (Å²) < 4.78 is 5.75. The zero-order chi connectivity index (χ0) is 20.9. The SMILES string of the molecule is CNCCOc1ccc2ncnc(Nc3ccc(C(=O)c4cccs4)c(Cl)c3)c2c1. The van der Waals surface area contributed by atoms with Gasteiger partial charge in [-0.25, -0.2) is 9.97 Å². The normalized spacial score (nSPS) is 10.9. The minimum absolute atomic E-state index is 0.0857. The van der Waals surface area contributed by atoms with Gasteiger partial charge in [0.1, 0.15) is 24.5 Å². The second-order valence-electron chi connectivity index (χ2n) is 6.48. The van der Waals surface area contributed by atoms with Crippen LogP contribution in [0.15, 0.2) is 60.2 Å². The number of aromatic nitrogens is 2. The summed E-state index contributed by atoms with van der Waals surface area (Å²) in [6.45, 7) is 1.32. The van der Waals surface area contributed by atoms with Gasteiger partial charge in [-0.05, 0) is 54.9 Å². The number of carbonyl (C=O) groups is 1. The summed E-state index contributed by atoms with van der Waals surface area (Å²) in [7, 11) is 1.88. The number of nitrogens with one attached hydrogen (secondary N) is 2. The standard InChI is InChI=1S/C22H19ClN4O2S/c1-24-8-9-29-15-5-7-19-17(12-15)22(26-13-25-19)27-14-4-6-16(18(23)11-14)21(28)20-3-2-10-30-20/h2-7,10-13,24H,8-9H2,1H3,(H,25,26,27). The van der Waals surface area contributed by atoms with Crippen molar-refractivity contribution in [1.82, 2.24) is 15.3 Å². The maximum Gasteiger partial charge on any atom is 0.204 e. The number of carbonyl (C=O) groups excluding carboxylic acids is 1. The second-order valence-corrected chi connectivity index (χ2v) is 7.83. The predicted molar refractivity (Wildman–Crippen MR) is 121 cm³/mol. The van der Waals surface area contributed by atoms with Crippen LogP contribution in [0.5, 0.6) is 5.75 Å². The van der Waals surface area contributed by atoms with Crippen molar-refractivity contribution < 1.29 is 9.53 Å². The first kappa shape index (κ1) is 20.3. The summed E-state index contributed by atoms with van der Waals surface area (Å²) in [4.78, 5) is 21.9. The lowest BCUT2D eigenvalue weighted by Gasteiger charge is -2.11. The zero-order valence-electron chi connectivity index (χ0n) is 16.2. The zero-order valence-corrected chi connectivity index (χ0v) is 17.8. The molecule has 2 aromatic heterocycles. The van der Waals surface area contributed by atoms with Gasteiger partial charge < -0.3 is 15.4 Å². The fourth-order valence-corrected chi connectivity index (χ4v) is 3.89. The van der Waals surface area contributed by atoms with E-state index in [0.717, 1.165) is 28.9 Å². The minimum Gasteiger partial charge on any atom is -0.492 e. The van der Waals surface area contributed by atoms with Crippen molar-refractivity contribution in [2.75, 3.05) is 25.5 Å². The molecule has 4 aromatic rings. The van der Waals surface area contributed by atoms with E-state index in [2.05, 4.69) is 20.6 Å². The summed E-state index contributed by atoms with van der Waals surface area (Å²) >= 11 is 7.80. The Morgan fingerprint density at radius 2 is 2.07 bits per heavy atom. The Morgan fingerprint density at radius 1 is 1.17 bits per heavy atom. The summed E-state index contributed by atoms with van der Waals surface area (Å²) in [6, 6.07) is 14.6. The number of benzene rings is 2. The monoisotopic (exact) mass is 438 g/mol. The van der Waals surface area contributed by atoms with Gasteiger partial charge >= 0.3 is 0 Å². The highest BCUT2D eigenvalue weighted by Crippen LogP contribution is 2.30. The molecule has 0 atom stereocenters. The number of hydrogen-bond acceptors (Lipinski definition) is 7. The summed E-state index contributed by atoms with van der Waals surface area (Å²) in [5.74, 6) is 1.29. The van der Waals surface area contributed by atoms with Gasteiger partial charge in [0.25, 0.3) is 0 Å². The third-order valence-corrected chi connectivity index (χ3v) is 5.63. The van der Waals surface area contributed by atoms with Gasteiger partial charge in [-0.3, -0.25) is 4.79 Å². The molecule has 6 nitrogen and oxygen atoms in total. The quantitative estimate of drug-likeness (QED) is 0.300. The molecule has 2 heterocycles. The lowest BCUT2D eigenvalue weighted by Crippen LogP contribution is -2.15. The number of ketones is 1. The Morgan fingerprint density at radius 3 is 2.83 bits per heavy atom. The maximum absolute atomic E-state index is 12.6. The summed E-state index contributed by atoms with van der Waals surface area (Å²) in [6.07, 6.45) is 1.50. The average molecular weight is 439 g/mol. The van der Waals surface area contributed by atoms with E-state index < -0.39 is 0 Å². The van der Waals surface area contributed by atoms with E-state index in [4.69, 9.17) is 16.3 Å². The molecule has 0 aliphatic heterocycles. The van der Waals surface area contributed by atoms with Gasteiger partial charge in [-0.15, -0.1) is 11.3 Å². The molecule has 0 unspecified atom stereocenters. The molecule has 2 N–H and O–H groups in total. The van der Waals surface area contributed by atoms with E-state index in [1.807, 2.05) is 42.8 Å². The molecule has 2 aromatic carbocycles. The molecule has 0 amide bonds. The van der Waals surface area contributed by atoms with Crippen LogP contribution in [0, 0.1) is 0 Å². The van der Waals surface area contributed by atoms with Crippen LogP contribution in [-0.4, -0.2) is 36.0 Å². The largest absolute Gasteiger partial charge is 0.492 e. The highest BCUT2D eigenvalue weighted by Gasteiger charge is 2.15. The highest BCUT2D eigenvalue weighted by atomic mass is 35.5. The van der Waals surface area contributed by atoms with Crippen molar-refractivity contribution in [3.8, 4) is 5.75 Å². The number of fused-ring (bicyclic) bond motifs is 1. The molecule has 8 heteroatoms. The highest BCUT2D eigenvalue weighted by molar-refractivity contribution is 7.12. The average Bonchev–Trinajstić information content (AvgIpc) is 3.29. The number of anilines is 2. The smallest absolute Gasteiger partial charge is 0.204 e. The van der Waals surface area contributed by atoms with Crippen LogP contribution in [0.1, 0.15) is 15.2 Å². The molecule has 0 bridgehead atoms. The topological polar surface area (TPSA) is 76.1 Å². The molecule has 0 aliphatic carbocycles. The van der Waals surface area contributed by atoms with E-state index in [1.165, 1.54) is 17.7 Å². The van der Waals surface area contributed by atoms with E-state index >= 15 is 0 Å². The van der Waals surface area contributed by atoms with Crippen molar-refractivity contribution in [3.05, 3.63) is 75.7 Å². The number of rotatable bonds is 8. The van der Waals surface area contributed by atoms with E-state index in [9.17, 15) is 4.79 Å². The van der Waals surface area contributed by atoms with Gasteiger partial charge in [0.15, 0.2) is 0 Å². The van der Waals surface area contributed by atoms with Crippen molar-refractivity contribution >= 4 is 51.1 Å². The Hall–Kier alpha value is -3.00. The van der Waals surface area contributed by atoms with Crippen LogP contribution in [0.3, 0.4) is 0 Å². The van der Waals surface area contributed by atoms with Crippen molar-refractivity contribution in [2.24, 2.45) is 0 Å². The Labute approximate surface area is 182 Å². The first-order valence-corrected chi connectivity index (χ1v) is 10.6. The number of hydrogen-bond donors (Lipinski definition) is 2. The number of likely N-dealkylation sites (N-methyl/N-ethyl adjacent to an activating group) is 1. The van der Waals surface area contributed by atoms with Gasteiger partial charge in [0, 0.05) is 23.2 Å². The van der Waals surface area contributed by atoms with Gasteiger partial charge in [-0.1, -0.05) is 17.7 Å². The predicted octanol–water partition coefficient (Wildman–Crippen LogP) is 4.92. The van der Waals surface area contributed by atoms with Crippen LogP contribution in [0.4, 0.5) is 11.5 Å². The van der Waals surface area contributed by atoms with Gasteiger partial charge in [-0.2, -0.15) is 0 Å². The van der Waals surface area contributed by atoms with Crippen molar-refractivity contribution in [2.45, 2.75) is 0 Å². The van der Waals surface area contributed by atoms with Gasteiger partial charge in [0.05, 0.1) is 15.4 Å². The maximum atomic E-state index is 12.6. The molecule has 0 radical (unpaired) electrons. The molecule has 0 saturated carbocycles. The number of thiophene rings is 1. The van der Waals surface area contributed by atoms with Crippen LogP contribution in [-0.2, 0) is 0 Å². The molecule has 0 saturated heterocycles. The number of nitrogens with zero attached hydrogens (tertiary/aromatic N) is 2. The fourth-order valence-electron chi connectivity index (χ4n) is 2.95. The molecule has 0 fully saturated rings. The molecule has 152 valence electrons. The Bertz CT molecular complexity index is 1180. The fraction of sp³-hybridized carbons (Fsp3) is 0.136. The van der Waals surface area contributed by atoms with E-state index in [0.29, 0.717) is 27.9 Å². The van der Waals surface area contributed by atoms with Crippen molar-refractivity contribution in [3.63, 3.8) is 0 Å². The third kappa shape index (κ3) is 4.43. The van der Waals surface area contributed by atoms with Crippen molar-refractivity contribution in [1.29, 1.82) is 0 Å². The molecular weight excluding hydrogens is 420 g/mol. The molecule has 0 spiro atoms. The van der Waals surface area contributed by atoms with Crippen LogP contribution in [0.2, 0.25) is 5.02 Å². The summed E-state index contributed by atoms with van der Waals surface area (Å²) in [5.41, 5.74) is 1.99. The first-order chi connectivity index (χ1) is 14.7. The molecule has 30 heavy (non-hydrogen) atoms. The molecular formula is C22H19ClN4O2S. The molecule has 0 aliphatic rings. The minimum atomic E-state index is -0.0857. The third-order valence-electron chi connectivity index (χ3n) is 4.45. The Kier molecular flexibility index (Phi) is 6.23. The lowest BCUT2D eigenvalue weighted by molar-refractivity contribution is 0.104. The number of ether oxygens (including phenoxy) is 1. The van der Waals surface area contributed by atoms with E-state index in [1.54, 1.807) is 18.2 Å². The first-order valence-electron chi connectivity index (χ1n) is 9.32. The Balaban J connectivity index is 1.59. The van der Waals surface area contributed by atoms with Crippen LogP contribution in [0.25, 0.3) is 10.9 Å². The van der Waals surface area contributed by atoms with E-state index in [-0.39, 0.29) is 5.78 Å². The summed E-state index contributed by atoms with van der Waals surface area (Å²) in [5, 5.41) is 9.40. The van der Waals surface area contributed by atoms with Crippen LogP contribution >= 0.6 is 22.9 Å².